The van der Waals surface area contributed by atoms with Crippen molar-refractivity contribution in [1.82, 2.24) is 0 Å². The SMILES string of the molecule is Cc1c(O)cccc1F.Cc1cccc(F)c1O. The first-order valence-corrected chi connectivity index (χ1v) is 5.31. The molecule has 0 aliphatic rings. The number of hydrogen-bond acceptors (Lipinski definition) is 2. The van der Waals surface area contributed by atoms with Gasteiger partial charge in [-0.25, -0.2) is 8.78 Å². The van der Waals surface area contributed by atoms with Crippen molar-refractivity contribution >= 4 is 0 Å². The van der Waals surface area contributed by atoms with Gasteiger partial charge in [-0.3, -0.25) is 0 Å². The van der Waals surface area contributed by atoms with Crippen molar-refractivity contribution in [2.45, 2.75) is 13.8 Å². The molecule has 0 fully saturated rings. The lowest BCUT2D eigenvalue weighted by atomic mass is 10.2. The molecule has 0 aromatic heterocycles. The number of aromatic hydroxyl groups is 2. The molecule has 2 aromatic carbocycles. The topological polar surface area (TPSA) is 40.5 Å². The second-order valence-corrected chi connectivity index (χ2v) is 3.79. The van der Waals surface area contributed by atoms with Gasteiger partial charge >= 0.3 is 0 Å². The van der Waals surface area contributed by atoms with Gasteiger partial charge in [0, 0.05) is 5.56 Å². The molecule has 0 heterocycles. The Morgan fingerprint density at radius 3 is 1.83 bits per heavy atom. The molecule has 0 aliphatic heterocycles. The highest BCUT2D eigenvalue weighted by molar-refractivity contribution is 5.32. The first-order chi connectivity index (χ1) is 8.43. The lowest BCUT2D eigenvalue weighted by Gasteiger charge is -1.96. The van der Waals surface area contributed by atoms with Gasteiger partial charge in [-0.2, -0.15) is 0 Å². The van der Waals surface area contributed by atoms with Crippen LogP contribution in [0.1, 0.15) is 11.1 Å². The number of rotatable bonds is 0. The summed E-state index contributed by atoms with van der Waals surface area (Å²) in [4.78, 5) is 0. The summed E-state index contributed by atoms with van der Waals surface area (Å²) in [7, 11) is 0. The zero-order valence-electron chi connectivity index (χ0n) is 10.1. The van der Waals surface area contributed by atoms with Gasteiger partial charge in [0.1, 0.15) is 11.6 Å². The maximum absolute atomic E-state index is 12.4. The van der Waals surface area contributed by atoms with Crippen molar-refractivity contribution in [1.29, 1.82) is 0 Å². The van der Waals surface area contributed by atoms with Gasteiger partial charge in [0.15, 0.2) is 11.6 Å². The molecule has 0 bridgehead atoms. The van der Waals surface area contributed by atoms with E-state index in [1.807, 2.05) is 0 Å². The third-order valence-corrected chi connectivity index (χ3v) is 2.43. The average molecular weight is 252 g/mol. The molecule has 0 unspecified atom stereocenters. The van der Waals surface area contributed by atoms with Crippen molar-refractivity contribution in [3.63, 3.8) is 0 Å². The Kier molecular flexibility index (Phi) is 4.66. The van der Waals surface area contributed by atoms with Gasteiger partial charge in [0.05, 0.1) is 0 Å². The third kappa shape index (κ3) is 3.45. The number of aryl methyl sites for hydroxylation is 1. The molecule has 0 saturated heterocycles. The summed E-state index contributed by atoms with van der Waals surface area (Å²) in [5.74, 6) is -1.17. The van der Waals surface area contributed by atoms with Crippen molar-refractivity contribution < 1.29 is 19.0 Å². The summed E-state index contributed by atoms with van der Waals surface area (Å²) in [5.41, 5.74) is 0.868. The molecule has 18 heavy (non-hydrogen) atoms. The largest absolute Gasteiger partial charge is 0.508 e. The lowest BCUT2D eigenvalue weighted by molar-refractivity contribution is 0.428. The average Bonchev–Trinajstić information content (AvgIpc) is 2.34. The molecular formula is C14H14F2O2. The smallest absolute Gasteiger partial charge is 0.165 e. The molecule has 4 heteroatoms. The van der Waals surface area contributed by atoms with E-state index in [1.165, 1.54) is 31.2 Å². The zero-order chi connectivity index (χ0) is 13.7. The Morgan fingerprint density at radius 2 is 1.39 bits per heavy atom. The van der Waals surface area contributed by atoms with Gasteiger partial charge in [-0.1, -0.05) is 18.2 Å². The Hall–Kier alpha value is -2.10. The van der Waals surface area contributed by atoms with E-state index in [4.69, 9.17) is 10.2 Å². The first-order valence-electron chi connectivity index (χ1n) is 5.31. The number of hydrogen-bond donors (Lipinski definition) is 2. The molecule has 2 N–H and O–H groups in total. The van der Waals surface area contributed by atoms with Crippen LogP contribution in [-0.2, 0) is 0 Å². The predicted molar refractivity (Wildman–Crippen MR) is 65.6 cm³/mol. The van der Waals surface area contributed by atoms with Crippen molar-refractivity contribution in [2.75, 3.05) is 0 Å². The summed E-state index contributed by atoms with van der Waals surface area (Å²) >= 11 is 0. The van der Waals surface area contributed by atoms with Crippen LogP contribution in [0.2, 0.25) is 0 Å². The number of benzene rings is 2. The van der Waals surface area contributed by atoms with E-state index >= 15 is 0 Å². The second-order valence-electron chi connectivity index (χ2n) is 3.79. The fourth-order valence-corrected chi connectivity index (χ4v) is 1.22. The van der Waals surface area contributed by atoms with E-state index in [0.717, 1.165) is 0 Å². The molecule has 0 saturated carbocycles. The monoisotopic (exact) mass is 252 g/mol. The normalized spacial score (nSPS) is 9.56. The van der Waals surface area contributed by atoms with Gasteiger partial charge in [0.25, 0.3) is 0 Å². The molecule has 2 nitrogen and oxygen atoms in total. The number of halogens is 2. The highest BCUT2D eigenvalue weighted by Gasteiger charge is 1.99. The van der Waals surface area contributed by atoms with E-state index in [1.54, 1.807) is 19.1 Å². The maximum Gasteiger partial charge on any atom is 0.165 e. The lowest BCUT2D eigenvalue weighted by Crippen LogP contribution is -1.79. The van der Waals surface area contributed by atoms with Gasteiger partial charge in [-0.05, 0) is 37.6 Å². The Labute approximate surface area is 104 Å². The molecule has 0 radical (unpaired) electrons. The van der Waals surface area contributed by atoms with E-state index in [2.05, 4.69) is 0 Å². The molecule has 0 atom stereocenters. The van der Waals surface area contributed by atoms with E-state index in [-0.39, 0.29) is 17.3 Å². The quantitative estimate of drug-likeness (QED) is 0.750. The Balaban J connectivity index is 0.000000180. The summed E-state index contributed by atoms with van der Waals surface area (Å²) < 4.78 is 24.7. The second kappa shape index (κ2) is 6.00. The van der Waals surface area contributed by atoms with Crippen LogP contribution in [0, 0.1) is 25.5 Å². The van der Waals surface area contributed by atoms with Crippen LogP contribution < -0.4 is 0 Å². The number of phenols is 2. The van der Waals surface area contributed by atoms with E-state index in [9.17, 15) is 8.78 Å². The van der Waals surface area contributed by atoms with Gasteiger partial charge in [-0.15, -0.1) is 0 Å². The molecule has 0 spiro atoms. The zero-order valence-corrected chi connectivity index (χ0v) is 10.1. The van der Waals surface area contributed by atoms with Crippen molar-refractivity contribution in [3.05, 3.63) is 59.2 Å². The third-order valence-electron chi connectivity index (χ3n) is 2.43. The number of phenolic OH excluding ortho intramolecular Hbond substituents is 2. The Morgan fingerprint density at radius 1 is 0.833 bits per heavy atom. The maximum atomic E-state index is 12.4. The molecule has 0 aliphatic carbocycles. The van der Waals surface area contributed by atoms with E-state index < -0.39 is 5.82 Å². The fraction of sp³-hybridized carbons (Fsp3) is 0.143. The van der Waals surface area contributed by atoms with Gasteiger partial charge < -0.3 is 10.2 Å². The molecule has 2 aromatic rings. The van der Waals surface area contributed by atoms with E-state index in [0.29, 0.717) is 11.1 Å². The van der Waals surface area contributed by atoms with Crippen LogP contribution in [-0.4, -0.2) is 10.2 Å². The van der Waals surface area contributed by atoms with Gasteiger partial charge in [0.2, 0.25) is 0 Å². The molecule has 2 rings (SSSR count). The summed E-state index contributed by atoms with van der Waals surface area (Å²) in [5, 5.41) is 17.7. The molecule has 96 valence electrons. The van der Waals surface area contributed by atoms with Crippen LogP contribution in [0.5, 0.6) is 11.5 Å². The standard InChI is InChI=1S/2C7H7FO/c1-5-6(8)3-2-4-7(5)9;1-5-3-2-4-6(8)7(5)9/h2*2-4,9H,1H3. The van der Waals surface area contributed by atoms with Crippen LogP contribution >= 0.6 is 0 Å². The van der Waals surface area contributed by atoms with Crippen molar-refractivity contribution in [3.8, 4) is 11.5 Å². The van der Waals surface area contributed by atoms with Crippen molar-refractivity contribution in [2.24, 2.45) is 0 Å². The van der Waals surface area contributed by atoms with Crippen LogP contribution in [0.4, 0.5) is 8.78 Å². The highest BCUT2D eigenvalue weighted by atomic mass is 19.1. The number of para-hydroxylation sites is 1. The predicted octanol–water partition coefficient (Wildman–Crippen LogP) is 3.68. The molecule has 0 amide bonds. The van der Waals surface area contributed by atoms with Crippen LogP contribution in [0.3, 0.4) is 0 Å². The molecular weight excluding hydrogens is 238 g/mol. The minimum absolute atomic E-state index is 0.00926. The summed E-state index contributed by atoms with van der Waals surface area (Å²) in [6, 6.07) is 8.68. The minimum atomic E-state index is -0.560. The summed E-state index contributed by atoms with van der Waals surface area (Å²) in [6.07, 6.45) is 0. The van der Waals surface area contributed by atoms with Crippen LogP contribution in [0.25, 0.3) is 0 Å². The first kappa shape index (κ1) is 14.0. The van der Waals surface area contributed by atoms with Crippen LogP contribution in [0.15, 0.2) is 36.4 Å². The fourth-order valence-electron chi connectivity index (χ4n) is 1.22. The highest BCUT2D eigenvalue weighted by Crippen LogP contribution is 2.18. The Bertz CT molecular complexity index is 449. The minimum Gasteiger partial charge on any atom is -0.508 e. The summed E-state index contributed by atoms with van der Waals surface area (Å²) in [6.45, 7) is 3.18.